The first-order valence-corrected chi connectivity index (χ1v) is 7.40. The number of anilines is 1. The van der Waals surface area contributed by atoms with Crippen molar-refractivity contribution in [3.05, 3.63) is 64.9 Å². The maximum Gasteiger partial charge on any atom is 0.412 e. The van der Waals surface area contributed by atoms with Gasteiger partial charge in [-0.05, 0) is 33.6 Å². The largest absolute Gasteiger partial charge is 0.444 e. The van der Waals surface area contributed by atoms with Crippen molar-refractivity contribution < 1.29 is 9.53 Å². The van der Waals surface area contributed by atoms with Crippen LogP contribution in [-0.2, 0) is 11.3 Å². The van der Waals surface area contributed by atoms with Gasteiger partial charge in [0.1, 0.15) is 12.1 Å². The fraction of sp³-hybridized carbons (Fsp3) is 0.0625. The van der Waals surface area contributed by atoms with Gasteiger partial charge in [-0.3, -0.25) is 15.3 Å². The zero-order valence-corrected chi connectivity index (χ0v) is 13.1. The molecule has 3 rings (SSSR count). The van der Waals surface area contributed by atoms with Crippen LogP contribution >= 0.6 is 15.9 Å². The molecular weight excluding hydrogens is 346 g/mol. The Morgan fingerprint density at radius 2 is 1.86 bits per heavy atom. The Bertz CT molecular complexity index is 809. The number of halogens is 1. The predicted octanol–water partition coefficient (Wildman–Crippen LogP) is 4.14. The van der Waals surface area contributed by atoms with E-state index in [9.17, 15) is 4.79 Å². The van der Waals surface area contributed by atoms with E-state index in [4.69, 9.17) is 4.74 Å². The molecular formula is C16H12BrN3O2. The molecule has 3 aromatic rings. The minimum absolute atomic E-state index is 0.209. The Balaban J connectivity index is 1.75. The summed E-state index contributed by atoms with van der Waals surface area (Å²) in [5.41, 5.74) is 2.77. The molecule has 0 spiro atoms. The Morgan fingerprint density at radius 3 is 2.68 bits per heavy atom. The van der Waals surface area contributed by atoms with Crippen LogP contribution in [0.5, 0.6) is 0 Å². The smallest absolute Gasteiger partial charge is 0.412 e. The molecule has 1 aromatic heterocycles. The number of nitrogens with one attached hydrogen (secondary N) is 1. The second kappa shape index (κ2) is 6.53. The fourth-order valence-corrected chi connectivity index (χ4v) is 2.41. The SMILES string of the molecule is O=C(Nc1c(Br)ccc2nccnc12)OCc1ccccc1. The van der Waals surface area contributed by atoms with Crippen LogP contribution in [0.15, 0.2) is 59.3 Å². The van der Waals surface area contributed by atoms with Crippen LogP contribution in [0.2, 0.25) is 0 Å². The van der Waals surface area contributed by atoms with Crippen LogP contribution < -0.4 is 5.32 Å². The molecule has 0 aliphatic heterocycles. The Kier molecular flexibility index (Phi) is 4.29. The minimum atomic E-state index is -0.539. The van der Waals surface area contributed by atoms with Gasteiger partial charge in [0.2, 0.25) is 0 Å². The zero-order valence-electron chi connectivity index (χ0n) is 11.5. The molecule has 2 aromatic carbocycles. The number of nitrogens with zero attached hydrogens (tertiary/aromatic N) is 2. The summed E-state index contributed by atoms with van der Waals surface area (Å²) in [6.45, 7) is 0.209. The molecule has 22 heavy (non-hydrogen) atoms. The molecule has 0 atom stereocenters. The van der Waals surface area contributed by atoms with Crippen molar-refractivity contribution in [3.63, 3.8) is 0 Å². The number of hydrogen-bond donors (Lipinski definition) is 1. The van der Waals surface area contributed by atoms with Crippen LogP contribution in [0.4, 0.5) is 10.5 Å². The summed E-state index contributed by atoms with van der Waals surface area (Å²) in [4.78, 5) is 20.4. The quantitative estimate of drug-likeness (QED) is 0.764. The van der Waals surface area contributed by atoms with E-state index in [1.165, 1.54) is 0 Å². The molecule has 0 radical (unpaired) electrons. The molecule has 0 aliphatic carbocycles. The number of hydrogen-bond acceptors (Lipinski definition) is 4. The topological polar surface area (TPSA) is 64.1 Å². The minimum Gasteiger partial charge on any atom is -0.444 e. The van der Waals surface area contributed by atoms with Gasteiger partial charge in [0.15, 0.2) is 0 Å². The molecule has 1 heterocycles. The van der Waals surface area contributed by atoms with E-state index in [0.717, 1.165) is 10.0 Å². The lowest BCUT2D eigenvalue weighted by Gasteiger charge is -2.10. The van der Waals surface area contributed by atoms with Gasteiger partial charge in [-0.25, -0.2) is 4.79 Å². The number of aromatic nitrogens is 2. The van der Waals surface area contributed by atoms with Gasteiger partial charge in [-0.2, -0.15) is 0 Å². The fourth-order valence-electron chi connectivity index (χ4n) is 1.99. The lowest BCUT2D eigenvalue weighted by molar-refractivity contribution is 0.155. The molecule has 6 heteroatoms. The number of benzene rings is 2. The summed E-state index contributed by atoms with van der Waals surface area (Å²) in [5.74, 6) is 0. The Morgan fingerprint density at radius 1 is 1.09 bits per heavy atom. The van der Waals surface area contributed by atoms with Crippen LogP contribution in [-0.4, -0.2) is 16.1 Å². The molecule has 0 saturated carbocycles. The van der Waals surface area contributed by atoms with Crippen molar-refractivity contribution >= 4 is 38.7 Å². The molecule has 0 aliphatic rings. The number of fused-ring (bicyclic) bond motifs is 1. The second-order valence-corrected chi connectivity index (χ2v) is 5.39. The van der Waals surface area contributed by atoms with E-state index < -0.39 is 6.09 Å². The first kappa shape index (κ1) is 14.5. The predicted molar refractivity (Wildman–Crippen MR) is 87.5 cm³/mol. The van der Waals surface area contributed by atoms with Gasteiger partial charge in [0, 0.05) is 16.9 Å². The molecule has 5 nitrogen and oxygen atoms in total. The molecule has 1 amide bonds. The van der Waals surface area contributed by atoms with E-state index in [1.807, 2.05) is 42.5 Å². The molecule has 0 saturated heterocycles. The maximum absolute atomic E-state index is 12.0. The summed E-state index contributed by atoms with van der Waals surface area (Å²) in [6, 6.07) is 13.1. The van der Waals surface area contributed by atoms with Crippen molar-refractivity contribution in [1.29, 1.82) is 0 Å². The van der Waals surface area contributed by atoms with Crippen molar-refractivity contribution in [1.82, 2.24) is 9.97 Å². The van der Waals surface area contributed by atoms with E-state index in [2.05, 4.69) is 31.2 Å². The van der Waals surface area contributed by atoms with Gasteiger partial charge in [0.05, 0.1) is 11.2 Å². The number of amides is 1. The standard InChI is InChI=1S/C16H12BrN3O2/c17-12-6-7-13-15(19-9-8-18-13)14(12)20-16(21)22-10-11-4-2-1-3-5-11/h1-9H,10H2,(H,20,21). The summed E-state index contributed by atoms with van der Waals surface area (Å²) >= 11 is 3.40. The average Bonchev–Trinajstić information content (AvgIpc) is 2.56. The highest BCUT2D eigenvalue weighted by Crippen LogP contribution is 2.29. The molecule has 0 fully saturated rings. The lowest BCUT2D eigenvalue weighted by Crippen LogP contribution is -2.14. The molecule has 0 unspecified atom stereocenters. The van der Waals surface area contributed by atoms with Crippen molar-refractivity contribution in [2.24, 2.45) is 0 Å². The van der Waals surface area contributed by atoms with Crippen LogP contribution in [0.25, 0.3) is 11.0 Å². The normalized spacial score (nSPS) is 10.4. The Hall–Kier alpha value is -2.47. The summed E-state index contributed by atoms with van der Waals surface area (Å²) in [5, 5.41) is 2.71. The first-order chi connectivity index (χ1) is 10.7. The highest BCUT2D eigenvalue weighted by Gasteiger charge is 2.12. The van der Waals surface area contributed by atoms with E-state index in [1.54, 1.807) is 12.4 Å². The van der Waals surface area contributed by atoms with Gasteiger partial charge in [0.25, 0.3) is 0 Å². The average molecular weight is 358 g/mol. The highest BCUT2D eigenvalue weighted by molar-refractivity contribution is 9.10. The van der Waals surface area contributed by atoms with Gasteiger partial charge < -0.3 is 4.74 Å². The zero-order chi connectivity index (χ0) is 15.4. The molecule has 1 N–H and O–H groups in total. The van der Waals surface area contributed by atoms with Gasteiger partial charge in [-0.15, -0.1) is 0 Å². The van der Waals surface area contributed by atoms with Crippen LogP contribution in [0, 0.1) is 0 Å². The third-order valence-electron chi connectivity index (χ3n) is 3.03. The third kappa shape index (κ3) is 3.23. The van der Waals surface area contributed by atoms with Crippen molar-refractivity contribution in [2.45, 2.75) is 6.61 Å². The number of carbonyl (C=O) groups is 1. The van der Waals surface area contributed by atoms with E-state index in [0.29, 0.717) is 16.7 Å². The maximum atomic E-state index is 12.0. The summed E-state index contributed by atoms with van der Waals surface area (Å²) in [7, 11) is 0. The first-order valence-electron chi connectivity index (χ1n) is 6.61. The van der Waals surface area contributed by atoms with Crippen molar-refractivity contribution in [3.8, 4) is 0 Å². The Labute approximate surface area is 135 Å². The van der Waals surface area contributed by atoms with Gasteiger partial charge in [-0.1, -0.05) is 30.3 Å². The van der Waals surface area contributed by atoms with E-state index >= 15 is 0 Å². The summed E-state index contributed by atoms with van der Waals surface area (Å²) in [6.07, 6.45) is 2.64. The number of ether oxygens (including phenoxy) is 1. The van der Waals surface area contributed by atoms with Gasteiger partial charge >= 0.3 is 6.09 Å². The van der Waals surface area contributed by atoms with Crippen LogP contribution in [0.3, 0.4) is 0 Å². The molecule has 110 valence electrons. The van der Waals surface area contributed by atoms with Crippen molar-refractivity contribution in [2.75, 3.05) is 5.32 Å². The van der Waals surface area contributed by atoms with Crippen LogP contribution in [0.1, 0.15) is 5.56 Å². The monoisotopic (exact) mass is 357 g/mol. The lowest BCUT2D eigenvalue weighted by atomic mass is 10.2. The highest BCUT2D eigenvalue weighted by atomic mass is 79.9. The summed E-state index contributed by atoms with van der Waals surface area (Å²) < 4.78 is 5.94. The second-order valence-electron chi connectivity index (χ2n) is 4.53. The third-order valence-corrected chi connectivity index (χ3v) is 3.69. The molecule has 0 bridgehead atoms. The number of carbonyl (C=O) groups excluding carboxylic acids is 1. The number of rotatable bonds is 3. The van der Waals surface area contributed by atoms with E-state index in [-0.39, 0.29) is 6.61 Å².